The van der Waals surface area contributed by atoms with E-state index in [0.29, 0.717) is 89.4 Å². The van der Waals surface area contributed by atoms with Crippen molar-refractivity contribution in [3.63, 3.8) is 0 Å². The van der Waals surface area contributed by atoms with E-state index in [1.807, 2.05) is 140 Å². The average Bonchev–Trinajstić information content (AvgIpc) is 3.87. The first kappa shape index (κ1) is 19.3. The Bertz CT molecular complexity index is 3060. The first-order valence-electron chi connectivity index (χ1n) is 20.3. The van der Waals surface area contributed by atoms with Gasteiger partial charge in [-0.25, -0.2) is 0 Å². The van der Waals surface area contributed by atoms with Crippen molar-refractivity contribution in [2.75, 3.05) is 0 Å². The van der Waals surface area contributed by atoms with Gasteiger partial charge in [-0.1, -0.05) is 130 Å². The lowest BCUT2D eigenvalue weighted by atomic mass is 9.93. The summed E-state index contributed by atoms with van der Waals surface area (Å²) in [6.45, 7) is 0. The van der Waals surface area contributed by atoms with Crippen LogP contribution in [0.5, 0.6) is 0 Å². The summed E-state index contributed by atoms with van der Waals surface area (Å²) in [5.74, 6) is -1.79. The molecule has 4 nitrogen and oxygen atoms in total. The van der Waals surface area contributed by atoms with Crippen LogP contribution in [0.1, 0.15) is 44.6 Å². The number of allylic oxidation sites excluding steroid dienone is 4. The Labute approximate surface area is 294 Å². The summed E-state index contributed by atoms with van der Waals surface area (Å²) < 4.78 is 86.5. The van der Waals surface area contributed by atoms with Crippen LogP contribution in [0.4, 0.5) is 0 Å². The SMILES string of the molecule is [2H]C1=C([2H])C2=[N+]3C1=C(c1ccccc1)c1c([2H])c([2H])c4n1C31n3c(c([2H])c([2H])c3=C(c3ccccc3)C3=[N+]1C(=C4c1ccccc1)C([2H])=C3[2H])=C2c1ccccc1. The van der Waals surface area contributed by atoms with Crippen LogP contribution in [-0.4, -0.2) is 29.7 Å². The molecular formula is C45H28N4+2. The van der Waals surface area contributed by atoms with E-state index in [2.05, 4.69) is 0 Å². The van der Waals surface area contributed by atoms with Gasteiger partial charge < -0.3 is 0 Å². The molecule has 6 aliphatic rings. The highest BCUT2D eigenvalue weighted by atomic mass is 15.6. The van der Waals surface area contributed by atoms with Crippen LogP contribution in [0.25, 0.3) is 22.3 Å². The highest BCUT2D eigenvalue weighted by Gasteiger charge is 2.72. The molecule has 12 rings (SSSR count). The van der Waals surface area contributed by atoms with E-state index in [1.54, 1.807) is 0 Å². The Hall–Kier alpha value is -6.52. The molecule has 2 aromatic heterocycles. The Morgan fingerprint density at radius 2 is 0.776 bits per heavy atom. The van der Waals surface area contributed by atoms with Crippen LogP contribution < -0.4 is 10.7 Å². The molecule has 8 heterocycles. The summed E-state index contributed by atoms with van der Waals surface area (Å²) in [7, 11) is 0. The fraction of sp³-hybridized carbons (Fsp3) is 0.0222. The molecule has 0 saturated heterocycles. The van der Waals surface area contributed by atoms with Crippen molar-refractivity contribution in [1.82, 2.24) is 9.13 Å². The largest absolute Gasteiger partial charge is 0.553 e. The molecule has 49 heavy (non-hydrogen) atoms. The minimum atomic E-state index is -1.79. The molecule has 0 atom stereocenters. The van der Waals surface area contributed by atoms with Crippen LogP contribution >= 0.6 is 0 Å². The molecule has 0 bridgehead atoms. The minimum Gasteiger partial charge on any atom is -0.198 e. The average molecular weight is 633 g/mol. The van der Waals surface area contributed by atoms with E-state index >= 15 is 0 Å². The highest BCUT2D eigenvalue weighted by Crippen LogP contribution is 2.52. The fourth-order valence-electron chi connectivity index (χ4n) is 8.52. The Morgan fingerprint density at radius 1 is 0.408 bits per heavy atom. The van der Waals surface area contributed by atoms with Crippen LogP contribution in [0, 0.1) is 0 Å². The van der Waals surface area contributed by atoms with Gasteiger partial charge in [0, 0.05) is 24.2 Å². The second-order valence-electron chi connectivity index (χ2n) is 12.7. The summed E-state index contributed by atoms with van der Waals surface area (Å²) >= 11 is 0. The first-order valence-corrected chi connectivity index (χ1v) is 16.3. The lowest BCUT2D eigenvalue weighted by Crippen LogP contribution is -2.71. The van der Waals surface area contributed by atoms with Crippen molar-refractivity contribution in [1.29, 1.82) is 0 Å². The van der Waals surface area contributed by atoms with Crippen molar-refractivity contribution in [3.05, 3.63) is 225 Å². The number of aromatic nitrogens is 2. The Balaban J connectivity index is 1.45. The first-order chi connectivity index (χ1) is 27.7. The molecule has 4 heteroatoms. The predicted octanol–water partition coefficient (Wildman–Crippen LogP) is 6.42. The van der Waals surface area contributed by atoms with Crippen molar-refractivity contribution < 1.29 is 20.1 Å². The van der Waals surface area contributed by atoms with Gasteiger partial charge >= 0.3 is 5.91 Å². The molecule has 0 radical (unpaired) electrons. The van der Waals surface area contributed by atoms with Gasteiger partial charge in [0.25, 0.3) is 0 Å². The topological polar surface area (TPSA) is 15.9 Å². The van der Waals surface area contributed by atoms with E-state index in [-0.39, 0.29) is 48.4 Å². The number of rotatable bonds is 4. The van der Waals surface area contributed by atoms with Gasteiger partial charge in [-0.05, 0) is 46.4 Å². The standard InChI is InChI=1S/C45H28N4/c1-5-13-29(14-6-1)41-33-21-23-35-42(30-15-7-2-8-16-30)37-25-27-39-44(32-19-11-4-12-20-32)40-28-26-38-43(31-17-9-3-10-18-31)36-24-22-34(41)47(36)45(46(33)35,48(37)39)49(38)40/h1-28H/q+2/i21D,22D,23D,24D,25D,26D,27D,28D. The molecule has 0 fully saturated rings. The third-order valence-electron chi connectivity index (χ3n) is 10.3. The second kappa shape index (κ2) is 8.88. The van der Waals surface area contributed by atoms with Crippen LogP contribution in [0.2, 0.25) is 0 Å². The molecule has 6 aromatic rings. The monoisotopic (exact) mass is 632 g/mol. The van der Waals surface area contributed by atoms with Gasteiger partial charge in [0.05, 0.1) is 55.3 Å². The molecule has 4 aromatic carbocycles. The maximum atomic E-state index is 9.86. The molecule has 1 spiro atoms. The van der Waals surface area contributed by atoms with E-state index < -0.39 is 5.91 Å². The Kier molecular flexibility index (Phi) is 3.51. The van der Waals surface area contributed by atoms with Gasteiger partial charge in [-0.15, -0.1) is 0 Å². The van der Waals surface area contributed by atoms with Gasteiger partial charge in [-0.3, -0.25) is 0 Å². The molecule has 0 N–H and O–H groups in total. The quantitative estimate of drug-likeness (QED) is 0.200. The van der Waals surface area contributed by atoms with Crippen molar-refractivity contribution in [2.24, 2.45) is 0 Å². The zero-order valence-electron chi connectivity index (χ0n) is 33.8. The molecular weight excluding hydrogens is 597 g/mol. The maximum absolute atomic E-state index is 9.86. The third-order valence-corrected chi connectivity index (χ3v) is 10.3. The lowest BCUT2D eigenvalue weighted by Gasteiger charge is -2.41. The molecule has 0 amide bonds. The number of hydrogen-bond donors (Lipinski definition) is 0. The lowest BCUT2D eigenvalue weighted by molar-refractivity contribution is -0.834. The zero-order chi connectivity index (χ0) is 38.8. The number of benzene rings is 4. The van der Waals surface area contributed by atoms with Gasteiger partial charge in [0.15, 0.2) is 0 Å². The molecule has 226 valence electrons. The summed E-state index contributed by atoms with van der Waals surface area (Å²) in [4.78, 5) is 0. The van der Waals surface area contributed by atoms with E-state index in [9.17, 15) is 11.0 Å². The predicted molar refractivity (Wildman–Crippen MR) is 193 cm³/mol. The summed E-state index contributed by atoms with van der Waals surface area (Å²) in [5.41, 5.74) is 6.72. The maximum Gasteiger partial charge on any atom is 0.553 e. The molecule has 0 unspecified atom stereocenters. The van der Waals surface area contributed by atoms with E-state index in [0.717, 1.165) is 0 Å². The minimum absolute atomic E-state index is 0.0976. The molecule has 0 aliphatic carbocycles. The smallest absolute Gasteiger partial charge is 0.198 e. The Morgan fingerprint density at radius 3 is 1.16 bits per heavy atom. The van der Waals surface area contributed by atoms with Gasteiger partial charge in [0.1, 0.15) is 0 Å². The van der Waals surface area contributed by atoms with Gasteiger partial charge in [-0.2, -0.15) is 9.13 Å². The highest BCUT2D eigenvalue weighted by molar-refractivity contribution is 6.29. The fourth-order valence-corrected chi connectivity index (χ4v) is 8.52. The van der Waals surface area contributed by atoms with Crippen molar-refractivity contribution in [3.8, 4) is 0 Å². The van der Waals surface area contributed by atoms with Crippen LogP contribution in [0.3, 0.4) is 0 Å². The van der Waals surface area contributed by atoms with Crippen LogP contribution in [0.15, 0.2) is 181 Å². The third kappa shape index (κ3) is 2.89. The summed E-state index contributed by atoms with van der Waals surface area (Å²) in [5, 5.41) is 0.663. The molecule has 0 saturated carbocycles. The van der Waals surface area contributed by atoms with Crippen LogP contribution in [-0.2, 0) is 5.91 Å². The normalized spacial score (nSPS) is 21.3. The second-order valence-corrected chi connectivity index (χ2v) is 12.7. The van der Waals surface area contributed by atoms with Gasteiger partial charge in [0.2, 0.25) is 22.8 Å². The number of hydrogen-bond acceptors (Lipinski definition) is 0. The summed E-state index contributed by atoms with van der Waals surface area (Å²) in [6, 6.07) is 37.1. The zero-order valence-corrected chi connectivity index (χ0v) is 25.8. The van der Waals surface area contributed by atoms with E-state index in [4.69, 9.17) is 0 Å². The van der Waals surface area contributed by atoms with E-state index in [1.165, 1.54) is 0 Å². The van der Waals surface area contributed by atoms with Crippen molar-refractivity contribution in [2.45, 2.75) is 5.91 Å². The molecule has 6 aliphatic heterocycles. The summed E-state index contributed by atoms with van der Waals surface area (Å²) in [6.07, 6.45) is 0. The number of nitrogens with zero attached hydrogens (tertiary/aromatic N) is 4. The van der Waals surface area contributed by atoms with Crippen molar-refractivity contribution >= 4 is 33.7 Å².